The molecule has 1 heterocycles. The molecule has 1 N–H and O–H groups in total. The largest absolute Gasteiger partial charge is 0.573 e. The van der Waals surface area contributed by atoms with Crippen LogP contribution >= 0.6 is 0 Å². The van der Waals surface area contributed by atoms with E-state index in [-0.39, 0.29) is 11.8 Å². The maximum absolute atomic E-state index is 12.2. The van der Waals surface area contributed by atoms with Crippen molar-refractivity contribution in [3.8, 4) is 23.0 Å². The van der Waals surface area contributed by atoms with Crippen molar-refractivity contribution in [2.45, 2.75) is 12.8 Å². The number of aromatic nitrogens is 2. The second-order valence-corrected chi connectivity index (χ2v) is 5.86. The van der Waals surface area contributed by atoms with E-state index in [2.05, 4.69) is 20.0 Å². The first kappa shape index (κ1) is 19.5. The molecule has 0 fully saturated rings. The minimum absolute atomic E-state index is 0.239. The van der Waals surface area contributed by atoms with Gasteiger partial charge in [0.25, 0.3) is 0 Å². The van der Waals surface area contributed by atoms with E-state index in [0.717, 1.165) is 16.8 Å². The number of methoxy groups -OCH3 is 1. The number of ether oxygens (including phenoxy) is 2. The van der Waals surface area contributed by atoms with E-state index in [1.54, 1.807) is 12.1 Å². The average Bonchev–Trinajstić information content (AvgIpc) is 2.68. The summed E-state index contributed by atoms with van der Waals surface area (Å²) in [6, 6.07) is 17.5. The second-order valence-electron chi connectivity index (χ2n) is 5.86. The van der Waals surface area contributed by atoms with E-state index >= 15 is 0 Å². The SMILES string of the molecule is COc1nc(NCCc2ccc(OC(F)(F)F)cc2)cc(-c2ccccc2)n1. The lowest BCUT2D eigenvalue weighted by molar-refractivity contribution is -0.274. The van der Waals surface area contributed by atoms with E-state index in [4.69, 9.17) is 4.74 Å². The number of rotatable bonds is 7. The van der Waals surface area contributed by atoms with Gasteiger partial charge in [-0.25, -0.2) is 0 Å². The van der Waals surface area contributed by atoms with E-state index in [1.165, 1.54) is 19.2 Å². The first-order valence-electron chi connectivity index (χ1n) is 8.50. The van der Waals surface area contributed by atoms with Crippen LogP contribution in [0.25, 0.3) is 11.3 Å². The Morgan fingerprint density at radius 2 is 1.68 bits per heavy atom. The third-order valence-corrected chi connectivity index (χ3v) is 3.83. The summed E-state index contributed by atoms with van der Waals surface area (Å²) in [5.41, 5.74) is 2.53. The highest BCUT2D eigenvalue weighted by molar-refractivity contribution is 5.62. The van der Waals surface area contributed by atoms with Gasteiger partial charge in [-0.3, -0.25) is 0 Å². The van der Waals surface area contributed by atoms with Crippen molar-refractivity contribution in [3.05, 3.63) is 66.2 Å². The normalized spacial score (nSPS) is 11.1. The number of nitrogens with zero attached hydrogens (tertiary/aromatic N) is 2. The maximum atomic E-state index is 12.2. The molecule has 3 aromatic rings. The molecule has 8 heteroatoms. The predicted octanol–water partition coefficient (Wildman–Crippen LogP) is 4.71. The first-order chi connectivity index (χ1) is 13.4. The van der Waals surface area contributed by atoms with Gasteiger partial charge in [0.2, 0.25) is 0 Å². The van der Waals surface area contributed by atoms with Crippen molar-refractivity contribution in [2.75, 3.05) is 19.0 Å². The van der Waals surface area contributed by atoms with E-state index in [9.17, 15) is 13.2 Å². The lowest BCUT2D eigenvalue weighted by Crippen LogP contribution is -2.17. The Labute approximate surface area is 160 Å². The summed E-state index contributed by atoms with van der Waals surface area (Å²) in [5.74, 6) is 0.361. The van der Waals surface area contributed by atoms with Crippen LogP contribution in [0.5, 0.6) is 11.8 Å². The molecule has 0 bridgehead atoms. The molecule has 0 saturated carbocycles. The molecule has 5 nitrogen and oxygen atoms in total. The Morgan fingerprint density at radius 1 is 0.964 bits per heavy atom. The number of halogens is 3. The summed E-state index contributed by atoms with van der Waals surface area (Å²) < 4.78 is 45.6. The van der Waals surface area contributed by atoms with E-state index in [0.29, 0.717) is 18.8 Å². The van der Waals surface area contributed by atoms with Crippen LogP contribution in [0.2, 0.25) is 0 Å². The van der Waals surface area contributed by atoms with Gasteiger partial charge in [0.05, 0.1) is 12.8 Å². The Balaban J connectivity index is 1.63. The van der Waals surface area contributed by atoms with Crippen LogP contribution in [0, 0.1) is 0 Å². The van der Waals surface area contributed by atoms with E-state index in [1.807, 2.05) is 36.4 Å². The molecule has 0 amide bonds. The highest BCUT2D eigenvalue weighted by Gasteiger charge is 2.30. The molecule has 0 unspecified atom stereocenters. The lowest BCUT2D eigenvalue weighted by Gasteiger charge is -2.11. The first-order valence-corrected chi connectivity index (χ1v) is 8.50. The highest BCUT2D eigenvalue weighted by atomic mass is 19.4. The molecular formula is C20H18F3N3O2. The zero-order valence-corrected chi connectivity index (χ0v) is 15.0. The van der Waals surface area contributed by atoms with Crippen LogP contribution < -0.4 is 14.8 Å². The van der Waals surface area contributed by atoms with Crippen LogP contribution in [-0.4, -0.2) is 30.0 Å². The minimum Gasteiger partial charge on any atom is -0.467 e. The van der Waals surface area contributed by atoms with Gasteiger partial charge in [-0.15, -0.1) is 13.2 Å². The predicted molar refractivity (Wildman–Crippen MR) is 99.3 cm³/mol. The molecule has 1 aromatic heterocycles. The zero-order valence-electron chi connectivity index (χ0n) is 15.0. The Bertz CT molecular complexity index is 901. The van der Waals surface area contributed by atoms with Crippen molar-refractivity contribution in [1.82, 2.24) is 9.97 Å². The molecule has 0 atom stereocenters. The van der Waals surface area contributed by atoms with Crippen molar-refractivity contribution in [2.24, 2.45) is 0 Å². The molecule has 146 valence electrons. The number of hydrogen-bond acceptors (Lipinski definition) is 5. The monoisotopic (exact) mass is 389 g/mol. The summed E-state index contributed by atoms with van der Waals surface area (Å²) in [6.45, 7) is 0.536. The van der Waals surface area contributed by atoms with Crippen LogP contribution in [0.15, 0.2) is 60.7 Å². The molecule has 0 aliphatic heterocycles. The molecular weight excluding hydrogens is 371 g/mol. The Kier molecular flexibility index (Phi) is 5.98. The van der Waals surface area contributed by atoms with Gasteiger partial charge >= 0.3 is 12.4 Å². The van der Waals surface area contributed by atoms with Crippen LogP contribution in [-0.2, 0) is 6.42 Å². The van der Waals surface area contributed by atoms with Gasteiger partial charge in [0.15, 0.2) is 0 Å². The molecule has 0 radical (unpaired) electrons. The van der Waals surface area contributed by atoms with Gasteiger partial charge in [0.1, 0.15) is 11.6 Å². The Morgan fingerprint density at radius 3 is 2.32 bits per heavy atom. The molecule has 28 heavy (non-hydrogen) atoms. The third kappa shape index (κ3) is 5.60. The molecule has 2 aromatic carbocycles. The van der Waals surface area contributed by atoms with Gasteiger partial charge in [0, 0.05) is 18.2 Å². The third-order valence-electron chi connectivity index (χ3n) is 3.83. The average molecular weight is 389 g/mol. The topological polar surface area (TPSA) is 56.3 Å². The summed E-state index contributed by atoms with van der Waals surface area (Å²) in [6.07, 6.45) is -4.09. The highest BCUT2D eigenvalue weighted by Crippen LogP contribution is 2.24. The standard InChI is InChI=1S/C20H18F3N3O2/c1-27-19-25-17(15-5-3-2-4-6-15)13-18(26-19)24-12-11-14-7-9-16(10-8-14)28-20(21,22)23/h2-10,13H,11-12H2,1H3,(H,24,25,26). The molecule has 0 aliphatic rings. The fraction of sp³-hybridized carbons (Fsp3) is 0.200. The van der Waals surface area contributed by atoms with Crippen molar-refractivity contribution in [3.63, 3.8) is 0 Å². The Hall–Kier alpha value is -3.29. The molecule has 0 aliphatic carbocycles. The van der Waals surface area contributed by atoms with Crippen LogP contribution in [0.3, 0.4) is 0 Å². The maximum Gasteiger partial charge on any atom is 0.573 e. The number of alkyl halides is 3. The second kappa shape index (κ2) is 8.60. The van der Waals surface area contributed by atoms with Gasteiger partial charge < -0.3 is 14.8 Å². The fourth-order valence-electron chi connectivity index (χ4n) is 2.56. The number of benzene rings is 2. The summed E-state index contributed by atoms with van der Waals surface area (Å²) in [5, 5.41) is 3.19. The smallest absolute Gasteiger partial charge is 0.467 e. The van der Waals surface area contributed by atoms with Crippen molar-refractivity contribution in [1.29, 1.82) is 0 Å². The van der Waals surface area contributed by atoms with E-state index < -0.39 is 6.36 Å². The number of hydrogen-bond donors (Lipinski definition) is 1. The molecule has 0 spiro atoms. The van der Waals surface area contributed by atoms with Crippen molar-refractivity contribution >= 4 is 5.82 Å². The fourth-order valence-corrected chi connectivity index (χ4v) is 2.56. The van der Waals surface area contributed by atoms with Crippen LogP contribution in [0.1, 0.15) is 5.56 Å². The summed E-state index contributed by atoms with van der Waals surface area (Å²) in [7, 11) is 1.50. The quantitative estimate of drug-likeness (QED) is 0.635. The van der Waals surface area contributed by atoms with Gasteiger partial charge in [-0.2, -0.15) is 9.97 Å². The zero-order chi connectivity index (χ0) is 20.0. The lowest BCUT2D eigenvalue weighted by atomic mass is 10.1. The van der Waals surface area contributed by atoms with Gasteiger partial charge in [-0.1, -0.05) is 42.5 Å². The number of anilines is 1. The van der Waals surface area contributed by atoms with Crippen LogP contribution in [0.4, 0.5) is 19.0 Å². The summed E-state index contributed by atoms with van der Waals surface area (Å²) in [4.78, 5) is 8.62. The molecule has 0 saturated heterocycles. The van der Waals surface area contributed by atoms with Gasteiger partial charge in [-0.05, 0) is 24.1 Å². The summed E-state index contributed by atoms with van der Waals surface area (Å²) >= 11 is 0. The van der Waals surface area contributed by atoms with Crippen molar-refractivity contribution < 1.29 is 22.6 Å². The number of nitrogens with one attached hydrogen (secondary N) is 1. The minimum atomic E-state index is -4.69. The molecule has 3 rings (SSSR count).